The van der Waals surface area contributed by atoms with E-state index in [-0.39, 0.29) is 57.3 Å². The normalized spacial score (nSPS) is 12.6. The van der Waals surface area contributed by atoms with E-state index in [4.69, 9.17) is 18.5 Å². The lowest BCUT2D eigenvalue weighted by Gasteiger charge is -2.23. The summed E-state index contributed by atoms with van der Waals surface area (Å²) >= 11 is 0. The number of nitrogens with zero attached hydrogens (tertiary/aromatic N) is 1. The van der Waals surface area contributed by atoms with Gasteiger partial charge in [-0.2, -0.15) is 0 Å². The maximum Gasteiger partial charge on any atom is 0.472 e. The van der Waals surface area contributed by atoms with Gasteiger partial charge in [0.2, 0.25) is 11.8 Å². The Hall–Kier alpha value is -1.81. The third-order valence-corrected chi connectivity index (χ3v) is 18.3. The van der Waals surface area contributed by atoms with E-state index in [0.29, 0.717) is 25.7 Å². The standard InChI is InChI=1S/C73H142NO10P/c1-5-9-13-17-21-25-29-33-35-39-43-47-51-55-59-63-72(77)81-67-69(84-73(78)64-60-56-52-48-44-40-36-34-30-26-22-18-14-10-6-2)68-83-85(79,80)82-66-65-74(70(75)61-57-53-49-45-41-37-31-27-23-19-15-11-7-3)71(76)62-58-54-50-46-42-38-32-28-24-20-16-12-8-4/h69H,5-68H2,1-4H3,(H,79,80)/t69-/m1/s1. The van der Waals surface area contributed by atoms with Crippen LogP contribution in [-0.4, -0.2) is 66.0 Å². The zero-order valence-corrected chi connectivity index (χ0v) is 57.7. The number of ether oxygens (including phenoxy) is 2. The molecule has 0 aromatic carbocycles. The van der Waals surface area contributed by atoms with Crippen molar-refractivity contribution in [1.82, 2.24) is 4.90 Å². The molecule has 11 nitrogen and oxygen atoms in total. The maximum absolute atomic E-state index is 13.6. The monoisotopic (exact) mass is 1220 g/mol. The molecule has 0 bridgehead atoms. The number of phosphoric acid groups is 1. The first-order valence-corrected chi connectivity index (χ1v) is 38.9. The predicted molar refractivity (Wildman–Crippen MR) is 359 cm³/mol. The molecule has 1 N–H and O–H groups in total. The van der Waals surface area contributed by atoms with Crippen molar-refractivity contribution in [3.05, 3.63) is 0 Å². The number of hydrogen-bond donors (Lipinski definition) is 1. The molecule has 0 spiro atoms. The van der Waals surface area contributed by atoms with Crippen molar-refractivity contribution in [1.29, 1.82) is 0 Å². The SMILES string of the molecule is CCCCCCCCCCCCCCCCCC(=O)OC[C@H](COP(=O)(O)OCCN(C(=O)CCCCCCCCCCCCCCC)C(=O)CCCCCCCCCCCCCCC)OC(=O)CCCCCCCCCCCCCCCCC. The topological polar surface area (TPSA) is 146 Å². The number of esters is 2. The second-order valence-electron chi connectivity index (χ2n) is 25.7. The van der Waals surface area contributed by atoms with Gasteiger partial charge in [0.25, 0.3) is 0 Å². The van der Waals surface area contributed by atoms with Crippen molar-refractivity contribution in [2.45, 2.75) is 419 Å². The first-order valence-electron chi connectivity index (χ1n) is 37.4. The summed E-state index contributed by atoms with van der Waals surface area (Å²) in [7, 11) is -4.74. The summed E-state index contributed by atoms with van der Waals surface area (Å²) in [6.07, 6.45) is 67.6. The van der Waals surface area contributed by atoms with E-state index >= 15 is 0 Å². The average molecular weight is 1220 g/mol. The molecule has 1 unspecified atom stereocenters. The Balaban J connectivity index is 5.25. The molecule has 0 rings (SSSR count). The summed E-state index contributed by atoms with van der Waals surface area (Å²) < 4.78 is 35.4. The van der Waals surface area contributed by atoms with E-state index in [1.807, 2.05) is 0 Å². The maximum atomic E-state index is 13.6. The Kier molecular flexibility index (Phi) is 65.2. The highest BCUT2D eigenvalue weighted by molar-refractivity contribution is 7.47. The quantitative estimate of drug-likeness (QED) is 0.0355. The molecule has 0 fully saturated rings. The number of rotatable bonds is 70. The van der Waals surface area contributed by atoms with Crippen LogP contribution in [0.4, 0.5) is 0 Å². The third-order valence-electron chi connectivity index (χ3n) is 17.3. The van der Waals surface area contributed by atoms with Crippen LogP contribution < -0.4 is 0 Å². The molecule has 0 saturated heterocycles. The van der Waals surface area contributed by atoms with E-state index in [1.165, 1.54) is 262 Å². The number of hydrogen-bond acceptors (Lipinski definition) is 9. The molecular formula is C73H142NO10P. The van der Waals surface area contributed by atoms with Gasteiger partial charge in [0.15, 0.2) is 6.10 Å². The van der Waals surface area contributed by atoms with Crippen molar-refractivity contribution >= 4 is 31.6 Å². The molecular weight excluding hydrogens is 1080 g/mol. The van der Waals surface area contributed by atoms with Gasteiger partial charge in [0, 0.05) is 25.7 Å². The van der Waals surface area contributed by atoms with Gasteiger partial charge in [-0.05, 0) is 25.7 Å². The van der Waals surface area contributed by atoms with Crippen LogP contribution in [-0.2, 0) is 42.3 Å². The first-order chi connectivity index (χ1) is 41.6. The van der Waals surface area contributed by atoms with Crippen molar-refractivity contribution < 1.29 is 47.2 Å². The lowest BCUT2D eigenvalue weighted by Crippen LogP contribution is -2.39. The van der Waals surface area contributed by atoms with Crippen molar-refractivity contribution in [2.75, 3.05) is 26.4 Å². The molecule has 12 heteroatoms. The van der Waals surface area contributed by atoms with Gasteiger partial charge in [0.1, 0.15) is 6.61 Å². The fraction of sp³-hybridized carbons (Fsp3) is 0.945. The number of amides is 2. The van der Waals surface area contributed by atoms with Crippen LogP contribution in [0.15, 0.2) is 0 Å². The van der Waals surface area contributed by atoms with E-state index < -0.39 is 32.5 Å². The second kappa shape index (κ2) is 66.6. The minimum atomic E-state index is -4.74. The highest BCUT2D eigenvalue weighted by Crippen LogP contribution is 2.43. The van der Waals surface area contributed by atoms with Crippen LogP contribution in [0.1, 0.15) is 413 Å². The Bertz CT molecular complexity index is 1450. The Morgan fingerprint density at radius 3 is 0.824 bits per heavy atom. The van der Waals surface area contributed by atoms with Gasteiger partial charge >= 0.3 is 19.8 Å². The van der Waals surface area contributed by atoms with Crippen molar-refractivity contribution in [3.63, 3.8) is 0 Å². The minimum Gasteiger partial charge on any atom is -0.462 e. The lowest BCUT2D eigenvalue weighted by atomic mass is 10.0. The summed E-state index contributed by atoms with van der Waals surface area (Å²) in [5.41, 5.74) is 0. The second-order valence-corrected chi connectivity index (χ2v) is 27.2. The summed E-state index contributed by atoms with van der Waals surface area (Å²) in [6.45, 7) is 7.64. The van der Waals surface area contributed by atoms with Gasteiger partial charge in [-0.25, -0.2) is 4.57 Å². The molecule has 0 aromatic heterocycles. The van der Waals surface area contributed by atoms with Gasteiger partial charge in [-0.15, -0.1) is 0 Å². The minimum absolute atomic E-state index is 0.170. The zero-order valence-electron chi connectivity index (χ0n) is 56.8. The Morgan fingerprint density at radius 2 is 0.553 bits per heavy atom. The largest absolute Gasteiger partial charge is 0.472 e. The number of carbonyl (C=O) groups excluding carboxylic acids is 4. The van der Waals surface area contributed by atoms with Gasteiger partial charge in [-0.3, -0.25) is 33.1 Å². The van der Waals surface area contributed by atoms with E-state index in [1.54, 1.807) is 0 Å². The molecule has 0 aromatic rings. The number of imide groups is 1. The zero-order chi connectivity index (χ0) is 62.0. The van der Waals surface area contributed by atoms with Crippen LogP contribution >= 0.6 is 7.82 Å². The smallest absolute Gasteiger partial charge is 0.462 e. The molecule has 2 amide bonds. The van der Waals surface area contributed by atoms with Crippen molar-refractivity contribution in [2.24, 2.45) is 0 Å². The summed E-state index contributed by atoms with van der Waals surface area (Å²) in [6, 6.07) is 0. The number of phosphoric ester groups is 1. The highest BCUT2D eigenvalue weighted by Gasteiger charge is 2.28. The predicted octanol–water partition coefficient (Wildman–Crippen LogP) is 23.4. The highest BCUT2D eigenvalue weighted by atomic mass is 31.2. The Labute approximate surface area is 526 Å². The Morgan fingerprint density at radius 1 is 0.318 bits per heavy atom. The van der Waals surface area contributed by atoms with Crippen LogP contribution in [0.2, 0.25) is 0 Å². The summed E-state index contributed by atoms with van der Waals surface area (Å²) in [5.74, 6) is -1.46. The molecule has 0 aliphatic carbocycles. The fourth-order valence-corrected chi connectivity index (χ4v) is 12.4. The lowest BCUT2D eigenvalue weighted by molar-refractivity contribution is -0.161. The van der Waals surface area contributed by atoms with Gasteiger partial charge in [0.05, 0.1) is 19.8 Å². The van der Waals surface area contributed by atoms with Gasteiger partial charge in [-0.1, -0.05) is 362 Å². The third kappa shape index (κ3) is 62.2. The fourth-order valence-electron chi connectivity index (χ4n) is 11.6. The van der Waals surface area contributed by atoms with Crippen LogP contribution in [0.3, 0.4) is 0 Å². The van der Waals surface area contributed by atoms with Crippen LogP contribution in [0.5, 0.6) is 0 Å². The van der Waals surface area contributed by atoms with Crippen LogP contribution in [0.25, 0.3) is 0 Å². The van der Waals surface area contributed by atoms with E-state index in [0.717, 1.165) is 77.0 Å². The molecule has 0 heterocycles. The summed E-state index contributed by atoms with van der Waals surface area (Å²) in [5, 5.41) is 0. The van der Waals surface area contributed by atoms with Gasteiger partial charge < -0.3 is 14.4 Å². The number of carbonyl (C=O) groups is 4. The molecule has 2 atom stereocenters. The molecule has 504 valence electrons. The number of unbranched alkanes of at least 4 members (excludes halogenated alkanes) is 52. The van der Waals surface area contributed by atoms with E-state index in [9.17, 15) is 28.6 Å². The first kappa shape index (κ1) is 83.2. The molecule has 0 aliphatic rings. The van der Waals surface area contributed by atoms with Crippen LogP contribution in [0, 0.1) is 0 Å². The molecule has 0 saturated carbocycles. The average Bonchev–Trinajstić information content (AvgIpc) is 3.56. The molecule has 0 aliphatic heterocycles. The molecule has 0 radical (unpaired) electrons. The molecule has 85 heavy (non-hydrogen) atoms. The van der Waals surface area contributed by atoms with E-state index in [2.05, 4.69) is 27.7 Å². The summed E-state index contributed by atoms with van der Waals surface area (Å²) in [4.78, 5) is 65.4. The van der Waals surface area contributed by atoms with Crippen molar-refractivity contribution in [3.8, 4) is 0 Å².